The first-order chi connectivity index (χ1) is 13.1. The molecule has 2 aliphatic heterocycles. The topological polar surface area (TPSA) is 54.7 Å². The van der Waals surface area contributed by atoms with E-state index in [1.165, 1.54) is 11.1 Å². The number of piperidine rings is 1. The van der Waals surface area contributed by atoms with Gasteiger partial charge in [0, 0.05) is 24.1 Å². The lowest BCUT2D eigenvalue weighted by Crippen LogP contribution is -2.78. The van der Waals surface area contributed by atoms with Crippen LogP contribution in [-0.4, -0.2) is 50.5 Å². The molecule has 0 unspecified atom stereocenters. The van der Waals surface area contributed by atoms with Gasteiger partial charge in [0.25, 0.3) is 0 Å². The zero-order chi connectivity index (χ0) is 18.6. The molecule has 2 spiro atoms. The first kappa shape index (κ1) is 16.0. The Morgan fingerprint density at radius 1 is 1.30 bits per heavy atom. The number of likely N-dealkylation sites (N-methyl/N-ethyl adjacent to an activating group) is 1. The second kappa shape index (κ2) is 4.68. The fourth-order valence-electron chi connectivity index (χ4n) is 7.35. The minimum atomic E-state index is -0.699. The molecule has 5 nitrogen and oxygen atoms in total. The second-order valence-corrected chi connectivity index (χ2v) is 8.87. The molecule has 2 heterocycles. The Labute approximate surface area is 159 Å². The minimum Gasteiger partial charge on any atom is -0.493 e. The van der Waals surface area contributed by atoms with Gasteiger partial charge in [0.2, 0.25) is 0 Å². The van der Waals surface area contributed by atoms with E-state index in [0.29, 0.717) is 6.04 Å². The van der Waals surface area contributed by atoms with Gasteiger partial charge in [-0.25, -0.2) is 0 Å². The highest BCUT2D eigenvalue weighted by molar-refractivity contribution is 5.65. The minimum absolute atomic E-state index is 0.0873. The van der Waals surface area contributed by atoms with Crippen LogP contribution in [0, 0.1) is 22.7 Å². The van der Waals surface area contributed by atoms with E-state index >= 15 is 0 Å². The van der Waals surface area contributed by atoms with E-state index < -0.39 is 5.60 Å². The zero-order valence-electron chi connectivity index (χ0n) is 16.0. The Balaban J connectivity index is 1.73. The van der Waals surface area contributed by atoms with Crippen LogP contribution in [0.15, 0.2) is 24.3 Å². The van der Waals surface area contributed by atoms with Crippen molar-refractivity contribution in [3.05, 3.63) is 35.4 Å². The lowest BCUT2D eigenvalue weighted by molar-refractivity contribution is -0.203. The third-order valence-corrected chi connectivity index (χ3v) is 8.43. The molecule has 140 valence electrons. The SMILES string of the molecule is COc1ccc2c3c1O[C@H]1[C@]4(OC)C=C[C@@]5(C[C@@H]4C#N)[C@@H](C2)N(C)CC[C@]315. The summed E-state index contributed by atoms with van der Waals surface area (Å²) in [6.45, 7) is 1.03. The first-order valence-corrected chi connectivity index (χ1v) is 9.80. The lowest BCUT2D eigenvalue weighted by Gasteiger charge is -2.70. The van der Waals surface area contributed by atoms with E-state index in [4.69, 9.17) is 14.2 Å². The highest BCUT2D eigenvalue weighted by Gasteiger charge is 2.79. The van der Waals surface area contributed by atoms with Gasteiger partial charge in [-0.1, -0.05) is 18.2 Å². The molecule has 0 N–H and O–H groups in total. The maximum Gasteiger partial charge on any atom is 0.166 e. The van der Waals surface area contributed by atoms with Crippen LogP contribution in [0.3, 0.4) is 0 Å². The molecule has 0 amide bonds. The lowest BCUT2D eigenvalue weighted by atomic mass is 9.37. The number of ether oxygens (including phenoxy) is 3. The number of nitrogens with zero attached hydrogens (tertiary/aromatic N) is 2. The fourth-order valence-corrected chi connectivity index (χ4v) is 7.35. The molecule has 6 atom stereocenters. The molecule has 7 rings (SSSR count). The van der Waals surface area contributed by atoms with Gasteiger partial charge in [-0.2, -0.15) is 5.26 Å². The van der Waals surface area contributed by atoms with Crippen LogP contribution in [0.25, 0.3) is 0 Å². The zero-order valence-corrected chi connectivity index (χ0v) is 16.0. The van der Waals surface area contributed by atoms with Crippen LogP contribution in [-0.2, 0) is 16.6 Å². The monoisotopic (exact) mass is 364 g/mol. The van der Waals surface area contributed by atoms with Crippen LogP contribution >= 0.6 is 0 Å². The largest absolute Gasteiger partial charge is 0.493 e. The van der Waals surface area contributed by atoms with Crippen molar-refractivity contribution < 1.29 is 14.2 Å². The highest BCUT2D eigenvalue weighted by atomic mass is 16.6. The van der Waals surface area contributed by atoms with Gasteiger partial charge in [-0.3, -0.25) is 0 Å². The molecule has 27 heavy (non-hydrogen) atoms. The van der Waals surface area contributed by atoms with Gasteiger partial charge < -0.3 is 19.1 Å². The van der Waals surface area contributed by atoms with Crippen LogP contribution < -0.4 is 9.47 Å². The maximum absolute atomic E-state index is 10.0. The van der Waals surface area contributed by atoms with Crippen LogP contribution in [0.2, 0.25) is 0 Å². The standard InChI is InChI=1S/C22H24N2O3/c1-24-9-8-21-17-13-4-5-15(25-2)18(17)27-19(21)22(26-3)7-6-20(21,16(24)10-13)11-14(22)12-23/h4-7,14,16,19H,8-11H2,1-3H3/t14-,16-,19-,20-,21+,22+/m1/s1. The average molecular weight is 364 g/mol. The number of benzene rings is 1. The maximum atomic E-state index is 10.0. The normalized spacial score (nSPS) is 45.2. The predicted molar refractivity (Wildman–Crippen MR) is 98.9 cm³/mol. The summed E-state index contributed by atoms with van der Waals surface area (Å²) in [5, 5.41) is 10.0. The number of rotatable bonds is 2. The number of hydrogen-bond acceptors (Lipinski definition) is 5. The van der Waals surface area contributed by atoms with Gasteiger partial charge in [-0.05, 0) is 44.5 Å². The van der Waals surface area contributed by atoms with Crippen molar-refractivity contribution in [3.63, 3.8) is 0 Å². The summed E-state index contributed by atoms with van der Waals surface area (Å²) in [5.41, 5.74) is 1.78. The summed E-state index contributed by atoms with van der Waals surface area (Å²) >= 11 is 0. The first-order valence-electron chi connectivity index (χ1n) is 9.80. The fraction of sp³-hybridized carbons (Fsp3) is 0.591. The summed E-state index contributed by atoms with van der Waals surface area (Å²) in [4.78, 5) is 2.50. The van der Waals surface area contributed by atoms with Gasteiger partial charge in [-0.15, -0.1) is 0 Å². The van der Waals surface area contributed by atoms with E-state index in [1.54, 1.807) is 14.2 Å². The Morgan fingerprint density at radius 2 is 2.15 bits per heavy atom. The van der Waals surface area contributed by atoms with Gasteiger partial charge in [0.1, 0.15) is 11.7 Å². The van der Waals surface area contributed by atoms with Crippen molar-refractivity contribution in [1.29, 1.82) is 5.26 Å². The van der Waals surface area contributed by atoms with Crippen LogP contribution in [0.5, 0.6) is 11.5 Å². The third-order valence-electron chi connectivity index (χ3n) is 8.43. The molecule has 1 aromatic rings. The molecule has 1 saturated carbocycles. The van der Waals surface area contributed by atoms with Crippen molar-refractivity contribution in [2.45, 2.75) is 42.4 Å². The van der Waals surface area contributed by atoms with Gasteiger partial charge >= 0.3 is 0 Å². The summed E-state index contributed by atoms with van der Waals surface area (Å²) in [6.07, 6.45) is 7.21. The molecular formula is C22H24N2O3. The molecule has 0 aromatic heterocycles. The quantitative estimate of drug-likeness (QED) is 0.755. The number of hydrogen-bond donors (Lipinski definition) is 0. The molecule has 1 saturated heterocycles. The number of fused-ring (bicyclic) bond motifs is 1. The van der Waals surface area contributed by atoms with E-state index in [0.717, 1.165) is 37.3 Å². The summed E-state index contributed by atoms with van der Waals surface area (Å²) in [7, 11) is 5.66. The summed E-state index contributed by atoms with van der Waals surface area (Å²) in [5.74, 6) is 1.47. The van der Waals surface area contributed by atoms with Crippen molar-refractivity contribution >= 4 is 0 Å². The molecule has 4 aliphatic carbocycles. The predicted octanol–water partition coefficient (Wildman–Crippen LogP) is 2.44. The highest BCUT2D eigenvalue weighted by Crippen LogP contribution is 2.74. The molecule has 1 aromatic carbocycles. The molecule has 4 bridgehead atoms. The number of methoxy groups -OCH3 is 2. The van der Waals surface area contributed by atoms with Crippen LogP contribution in [0.1, 0.15) is 24.0 Å². The summed E-state index contributed by atoms with van der Waals surface area (Å²) < 4.78 is 18.5. The Morgan fingerprint density at radius 3 is 2.89 bits per heavy atom. The molecular weight excluding hydrogens is 340 g/mol. The van der Waals surface area contributed by atoms with Crippen molar-refractivity contribution in [3.8, 4) is 17.6 Å². The van der Waals surface area contributed by atoms with Crippen molar-refractivity contribution in [1.82, 2.24) is 4.90 Å². The van der Waals surface area contributed by atoms with Gasteiger partial charge in [0.15, 0.2) is 11.5 Å². The third kappa shape index (κ3) is 1.40. The smallest absolute Gasteiger partial charge is 0.166 e. The van der Waals surface area contributed by atoms with E-state index in [2.05, 4.69) is 36.2 Å². The molecule has 5 heteroatoms. The molecule has 6 aliphatic rings. The Kier molecular flexibility index (Phi) is 2.77. The summed E-state index contributed by atoms with van der Waals surface area (Å²) in [6, 6.07) is 7.20. The Hall–Kier alpha value is -2.03. The second-order valence-electron chi connectivity index (χ2n) is 8.87. The molecule has 0 radical (unpaired) electrons. The van der Waals surface area contributed by atoms with Crippen molar-refractivity contribution in [2.24, 2.45) is 11.3 Å². The van der Waals surface area contributed by atoms with E-state index in [9.17, 15) is 5.26 Å². The van der Waals surface area contributed by atoms with Gasteiger partial charge in [0.05, 0.1) is 24.5 Å². The van der Waals surface area contributed by atoms with E-state index in [1.807, 2.05) is 6.07 Å². The average Bonchev–Trinajstić information content (AvgIpc) is 3.07. The number of nitriles is 1. The Bertz CT molecular complexity index is 936. The van der Waals surface area contributed by atoms with Crippen LogP contribution in [0.4, 0.5) is 0 Å². The molecule has 2 fully saturated rings. The number of likely N-dealkylation sites (tertiary alicyclic amines) is 1. The van der Waals surface area contributed by atoms with Crippen molar-refractivity contribution in [2.75, 3.05) is 27.8 Å². The van der Waals surface area contributed by atoms with E-state index in [-0.39, 0.29) is 22.9 Å².